The van der Waals surface area contributed by atoms with Crippen LogP contribution in [0.2, 0.25) is 0 Å². The van der Waals surface area contributed by atoms with Gasteiger partial charge in [-0.05, 0) is 39.8 Å². The second-order valence-corrected chi connectivity index (χ2v) is 5.01. The van der Waals surface area contributed by atoms with Crippen LogP contribution in [0, 0.1) is 0 Å². The molecule has 60 valence electrons. The van der Waals surface area contributed by atoms with Crippen LogP contribution in [0.3, 0.4) is 0 Å². The van der Waals surface area contributed by atoms with Crippen molar-refractivity contribution < 1.29 is 0 Å². The topological polar surface area (TPSA) is 3.24 Å². The predicted octanol–water partition coefficient (Wildman–Crippen LogP) is 1.79. The summed E-state index contributed by atoms with van der Waals surface area (Å²) in [5, 5.41) is 0. The molecule has 1 heterocycles. The van der Waals surface area contributed by atoms with Crippen molar-refractivity contribution in [1.82, 2.24) is 4.90 Å². The van der Waals surface area contributed by atoms with Gasteiger partial charge in [0.25, 0.3) is 0 Å². The molecule has 1 fully saturated rings. The van der Waals surface area contributed by atoms with Gasteiger partial charge in [0.05, 0.1) is 0 Å². The summed E-state index contributed by atoms with van der Waals surface area (Å²) in [4.78, 5) is 2.49. The molecular weight excluding hydrogens is 142 g/mol. The zero-order valence-corrected chi connectivity index (χ0v) is 7.82. The highest BCUT2D eigenvalue weighted by atomic mass is 32.1. The summed E-state index contributed by atoms with van der Waals surface area (Å²) in [5.74, 6) is 0. The van der Waals surface area contributed by atoms with E-state index in [1.807, 2.05) is 0 Å². The zero-order chi connectivity index (χ0) is 7.61. The predicted molar refractivity (Wildman–Crippen MR) is 48.7 cm³/mol. The Morgan fingerprint density at radius 1 is 1.30 bits per heavy atom. The SMILES string of the molecule is CC(C)(S)CN1CCCC1. The molecule has 0 spiro atoms. The maximum atomic E-state index is 4.49. The molecule has 0 unspecified atom stereocenters. The number of rotatable bonds is 2. The van der Waals surface area contributed by atoms with Crippen LogP contribution in [0.4, 0.5) is 0 Å². The molecule has 1 rings (SSSR count). The second kappa shape index (κ2) is 3.14. The Kier molecular flexibility index (Phi) is 2.64. The van der Waals surface area contributed by atoms with Crippen molar-refractivity contribution in [3.05, 3.63) is 0 Å². The molecule has 0 aromatic heterocycles. The van der Waals surface area contributed by atoms with Gasteiger partial charge in [0.1, 0.15) is 0 Å². The summed E-state index contributed by atoms with van der Waals surface area (Å²) in [6, 6.07) is 0. The molecule has 0 saturated carbocycles. The first-order valence-electron chi connectivity index (χ1n) is 4.03. The van der Waals surface area contributed by atoms with Crippen LogP contribution in [-0.2, 0) is 0 Å². The van der Waals surface area contributed by atoms with Crippen molar-refractivity contribution in [3.63, 3.8) is 0 Å². The Balaban J connectivity index is 2.24. The van der Waals surface area contributed by atoms with E-state index in [2.05, 4.69) is 31.4 Å². The van der Waals surface area contributed by atoms with E-state index in [9.17, 15) is 0 Å². The largest absolute Gasteiger partial charge is 0.302 e. The van der Waals surface area contributed by atoms with Gasteiger partial charge >= 0.3 is 0 Å². The molecule has 0 bridgehead atoms. The lowest BCUT2D eigenvalue weighted by Crippen LogP contribution is -2.32. The van der Waals surface area contributed by atoms with Crippen LogP contribution in [0.5, 0.6) is 0 Å². The van der Waals surface area contributed by atoms with Crippen molar-refractivity contribution in [3.8, 4) is 0 Å². The summed E-state index contributed by atoms with van der Waals surface area (Å²) < 4.78 is 0.185. The molecular formula is C8H17NS. The Morgan fingerprint density at radius 3 is 2.20 bits per heavy atom. The standard InChI is InChI=1S/C8H17NS/c1-8(2,10)7-9-5-3-4-6-9/h10H,3-7H2,1-2H3. The Bertz CT molecular complexity index is 100. The van der Waals surface area contributed by atoms with E-state index in [-0.39, 0.29) is 4.75 Å². The van der Waals surface area contributed by atoms with Gasteiger partial charge in [-0.3, -0.25) is 0 Å². The summed E-state index contributed by atoms with van der Waals surface area (Å²) in [6.07, 6.45) is 2.76. The molecule has 0 aromatic carbocycles. The first-order valence-corrected chi connectivity index (χ1v) is 4.47. The van der Waals surface area contributed by atoms with Crippen LogP contribution in [0.1, 0.15) is 26.7 Å². The number of hydrogen-bond donors (Lipinski definition) is 1. The van der Waals surface area contributed by atoms with Crippen molar-refractivity contribution in [2.75, 3.05) is 19.6 Å². The molecule has 10 heavy (non-hydrogen) atoms. The van der Waals surface area contributed by atoms with Gasteiger partial charge in [0.2, 0.25) is 0 Å². The smallest absolute Gasteiger partial charge is 0.0200 e. The third-order valence-corrected chi connectivity index (χ3v) is 1.95. The first kappa shape index (κ1) is 8.41. The lowest BCUT2D eigenvalue weighted by atomic mass is 10.2. The third-order valence-electron chi connectivity index (χ3n) is 1.81. The van der Waals surface area contributed by atoms with Gasteiger partial charge in [-0.25, -0.2) is 0 Å². The van der Waals surface area contributed by atoms with Gasteiger partial charge in [-0.2, -0.15) is 12.6 Å². The second-order valence-electron chi connectivity index (χ2n) is 3.80. The molecule has 2 heteroatoms. The monoisotopic (exact) mass is 159 g/mol. The fourth-order valence-electron chi connectivity index (χ4n) is 1.49. The molecule has 1 aliphatic rings. The fraction of sp³-hybridized carbons (Fsp3) is 1.00. The van der Waals surface area contributed by atoms with E-state index in [0.29, 0.717) is 0 Å². The fourth-order valence-corrected chi connectivity index (χ4v) is 1.69. The van der Waals surface area contributed by atoms with Crippen molar-refractivity contribution in [2.24, 2.45) is 0 Å². The first-order chi connectivity index (χ1) is 4.58. The van der Waals surface area contributed by atoms with E-state index in [0.717, 1.165) is 6.54 Å². The Labute approximate surface area is 69.2 Å². The summed E-state index contributed by atoms with van der Waals surface area (Å²) in [6.45, 7) is 8.05. The van der Waals surface area contributed by atoms with E-state index < -0.39 is 0 Å². The number of likely N-dealkylation sites (tertiary alicyclic amines) is 1. The highest BCUT2D eigenvalue weighted by Gasteiger charge is 2.19. The lowest BCUT2D eigenvalue weighted by Gasteiger charge is -2.24. The molecule has 1 aliphatic heterocycles. The third kappa shape index (κ3) is 2.93. The minimum absolute atomic E-state index is 0.185. The van der Waals surface area contributed by atoms with Gasteiger partial charge in [0, 0.05) is 11.3 Å². The zero-order valence-electron chi connectivity index (χ0n) is 6.93. The van der Waals surface area contributed by atoms with Crippen LogP contribution < -0.4 is 0 Å². The highest BCUT2D eigenvalue weighted by Crippen LogP contribution is 2.17. The molecule has 0 N–H and O–H groups in total. The van der Waals surface area contributed by atoms with Gasteiger partial charge in [-0.1, -0.05) is 0 Å². The van der Waals surface area contributed by atoms with Crippen molar-refractivity contribution in [2.45, 2.75) is 31.4 Å². The van der Waals surface area contributed by atoms with Gasteiger partial charge in [-0.15, -0.1) is 0 Å². The van der Waals surface area contributed by atoms with E-state index in [4.69, 9.17) is 0 Å². The minimum atomic E-state index is 0.185. The average Bonchev–Trinajstić information content (AvgIpc) is 2.12. The number of thiol groups is 1. The number of nitrogens with zero attached hydrogens (tertiary/aromatic N) is 1. The van der Waals surface area contributed by atoms with E-state index in [1.165, 1.54) is 25.9 Å². The van der Waals surface area contributed by atoms with Crippen LogP contribution in [0.25, 0.3) is 0 Å². The molecule has 1 nitrogen and oxygen atoms in total. The normalized spacial score (nSPS) is 21.9. The maximum Gasteiger partial charge on any atom is 0.0200 e. The molecule has 0 aliphatic carbocycles. The number of hydrogen-bond acceptors (Lipinski definition) is 2. The van der Waals surface area contributed by atoms with Crippen molar-refractivity contribution >= 4 is 12.6 Å². The van der Waals surface area contributed by atoms with Gasteiger partial charge < -0.3 is 4.90 Å². The molecule has 1 saturated heterocycles. The summed E-state index contributed by atoms with van der Waals surface area (Å²) in [5.41, 5.74) is 0. The summed E-state index contributed by atoms with van der Waals surface area (Å²) in [7, 11) is 0. The van der Waals surface area contributed by atoms with Crippen molar-refractivity contribution in [1.29, 1.82) is 0 Å². The van der Waals surface area contributed by atoms with E-state index in [1.54, 1.807) is 0 Å². The van der Waals surface area contributed by atoms with E-state index >= 15 is 0 Å². The molecule has 0 amide bonds. The summed E-state index contributed by atoms with van der Waals surface area (Å²) >= 11 is 4.49. The average molecular weight is 159 g/mol. The van der Waals surface area contributed by atoms with Crippen LogP contribution in [-0.4, -0.2) is 29.3 Å². The highest BCUT2D eigenvalue weighted by molar-refractivity contribution is 7.81. The lowest BCUT2D eigenvalue weighted by molar-refractivity contribution is 0.314. The van der Waals surface area contributed by atoms with Crippen LogP contribution in [0.15, 0.2) is 0 Å². The minimum Gasteiger partial charge on any atom is -0.302 e. The Hall–Kier alpha value is 0.310. The Morgan fingerprint density at radius 2 is 1.80 bits per heavy atom. The maximum absolute atomic E-state index is 4.49. The molecule has 0 atom stereocenters. The molecule has 0 aromatic rings. The molecule has 0 radical (unpaired) electrons. The van der Waals surface area contributed by atoms with Gasteiger partial charge in [0.15, 0.2) is 0 Å². The van der Waals surface area contributed by atoms with Crippen LogP contribution >= 0.6 is 12.6 Å². The quantitative estimate of drug-likeness (QED) is 0.601.